The number of nitrogens with zero attached hydrogens (tertiary/aromatic N) is 2. The Morgan fingerprint density at radius 2 is 1.71 bits per heavy atom. The Labute approximate surface area is 174 Å². The highest BCUT2D eigenvalue weighted by molar-refractivity contribution is 6.30. The van der Waals surface area contributed by atoms with Gasteiger partial charge in [-0.3, -0.25) is 4.79 Å². The van der Waals surface area contributed by atoms with Gasteiger partial charge in [-0.1, -0.05) is 61.0 Å². The summed E-state index contributed by atoms with van der Waals surface area (Å²) in [6.07, 6.45) is 4.72. The zero-order valence-electron chi connectivity index (χ0n) is 16.8. The topological polar surface area (TPSA) is 23.6 Å². The number of carbonyl (C=O) groups is 1. The number of hydrogen-bond acceptors (Lipinski definition) is 2. The summed E-state index contributed by atoms with van der Waals surface area (Å²) in [6.45, 7) is 5.98. The molecule has 0 aliphatic carbocycles. The highest BCUT2D eigenvalue weighted by Gasteiger charge is 2.27. The summed E-state index contributed by atoms with van der Waals surface area (Å²) in [4.78, 5) is 17.4. The van der Waals surface area contributed by atoms with Crippen molar-refractivity contribution in [3.63, 3.8) is 0 Å². The fourth-order valence-electron chi connectivity index (χ4n) is 3.95. The maximum absolute atomic E-state index is 12.8. The first-order valence-corrected chi connectivity index (χ1v) is 10.8. The number of hydrogen-bond donors (Lipinski definition) is 0. The fraction of sp³-hybridized carbons (Fsp3) is 0.458. The van der Waals surface area contributed by atoms with Gasteiger partial charge in [-0.05, 0) is 48.9 Å². The molecule has 0 aromatic heterocycles. The molecule has 0 radical (unpaired) electrons. The predicted octanol–water partition coefficient (Wildman–Crippen LogP) is 5.18. The molecule has 0 saturated carbocycles. The Morgan fingerprint density at radius 3 is 2.36 bits per heavy atom. The lowest BCUT2D eigenvalue weighted by Gasteiger charge is -2.39. The molecule has 1 aliphatic rings. The van der Waals surface area contributed by atoms with Gasteiger partial charge in [0.15, 0.2) is 0 Å². The van der Waals surface area contributed by atoms with E-state index in [1.54, 1.807) is 0 Å². The van der Waals surface area contributed by atoms with E-state index in [1.165, 1.54) is 5.56 Å². The third-order valence-corrected chi connectivity index (χ3v) is 5.86. The number of carbonyl (C=O) groups excluding carboxylic acids is 1. The second-order valence-electron chi connectivity index (χ2n) is 7.71. The smallest absolute Gasteiger partial charge is 0.223 e. The third-order valence-electron chi connectivity index (χ3n) is 5.61. The van der Waals surface area contributed by atoms with Crippen LogP contribution in [-0.2, 0) is 17.8 Å². The van der Waals surface area contributed by atoms with Crippen LogP contribution in [0.25, 0.3) is 0 Å². The summed E-state index contributed by atoms with van der Waals surface area (Å²) in [6, 6.07) is 18.9. The summed E-state index contributed by atoms with van der Waals surface area (Å²) >= 11 is 6.01. The maximum Gasteiger partial charge on any atom is 0.223 e. The first-order valence-electron chi connectivity index (χ1n) is 10.5. The van der Waals surface area contributed by atoms with E-state index < -0.39 is 0 Å². The summed E-state index contributed by atoms with van der Waals surface area (Å²) in [7, 11) is 0. The van der Waals surface area contributed by atoms with E-state index in [1.807, 2.05) is 24.3 Å². The van der Waals surface area contributed by atoms with Gasteiger partial charge in [-0.25, -0.2) is 0 Å². The summed E-state index contributed by atoms with van der Waals surface area (Å²) in [5.74, 6) is 0.278. The van der Waals surface area contributed by atoms with E-state index in [9.17, 15) is 4.79 Å². The number of amides is 1. The van der Waals surface area contributed by atoms with Gasteiger partial charge in [0.2, 0.25) is 5.91 Å². The zero-order valence-corrected chi connectivity index (χ0v) is 17.6. The van der Waals surface area contributed by atoms with Crippen molar-refractivity contribution in [3.8, 4) is 0 Å². The SMILES string of the molecule is CCCC(=O)N(Cc1ccc(Cl)cc1)C1CCN(CCc2ccccc2)CC1. The molecule has 4 heteroatoms. The highest BCUT2D eigenvalue weighted by Crippen LogP contribution is 2.21. The number of rotatable bonds is 8. The Hall–Kier alpha value is -1.84. The molecule has 1 fully saturated rings. The molecule has 0 unspecified atom stereocenters. The van der Waals surface area contributed by atoms with Crippen molar-refractivity contribution in [1.82, 2.24) is 9.80 Å². The highest BCUT2D eigenvalue weighted by atomic mass is 35.5. The Bertz CT molecular complexity index is 724. The minimum absolute atomic E-state index is 0.278. The molecule has 0 N–H and O–H groups in total. The molecule has 1 aliphatic heterocycles. The van der Waals surface area contributed by atoms with Crippen LogP contribution in [0.5, 0.6) is 0 Å². The van der Waals surface area contributed by atoms with Gasteiger partial charge in [-0.15, -0.1) is 0 Å². The van der Waals surface area contributed by atoms with Gasteiger partial charge in [0.1, 0.15) is 0 Å². The lowest BCUT2D eigenvalue weighted by molar-refractivity contribution is -0.135. The van der Waals surface area contributed by atoms with Crippen LogP contribution in [0, 0.1) is 0 Å². The van der Waals surface area contributed by atoms with Gasteiger partial charge < -0.3 is 9.80 Å². The van der Waals surface area contributed by atoms with Crippen LogP contribution in [0.3, 0.4) is 0 Å². The van der Waals surface area contributed by atoms with Crippen LogP contribution < -0.4 is 0 Å². The monoisotopic (exact) mass is 398 g/mol. The number of piperidine rings is 1. The first-order chi connectivity index (χ1) is 13.7. The lowest BCUT2D eigenvalue weighted by Crippen LogP contribution is -2.47. The van der Waals surface area contributed by atoms with E-state index in [0.29, 0.717) is 19.0 Å². The quantitative estimate of drug-likeness (QED) is 0.612. The average Bonchev–Trinajstić information content (AvgIpc) is 2.73. The molecule has 2 aromatic carbocycles. The van der Waals surface area contributed by atoms with Crippen LogP contribution in [0.4, 0.5) is 0 Å². The molecular formula is C24H31ClN2O. The minimum atomic E-state index is 0.278. The molecule has 1 saturated heterocycles. The molecule has 1 amide bonds. The van der Waals surface area contributed by atoms with Crippen molar-refractivity contribution in [2.45, 2.75) is 51.6 Å². The Kier molecular flexibility index (Phi) is 7.93. The third kappa shape index (κ3) is 6.08. The van der Waals surface area contributed by atoms with Gasteiger partial charge in [-0.2, -0.15) is 0 Å². The lowest BCUT2D eigenvalue weighted by atomic mass is 10.0. The summed E-state index contributed by atoms with van der Waals surface area (Å²) in [5.41, 5.74) is 2.55. The second-order valence-corrected chi connectivity index (χ2v) is 8.14. The van der Waals surface area contributed by atoms with Crippen LogP contribution in [-0.4, -0.2) is 41.4 Å². The zero-order chi connectivity index (χ0) is 19.8. The van der Waals surface area contributed by atoms with Gasteiger partial charge in [0.05, 0.1) is 0 Å². The largest absolute Gasteiger partial charge is 0.335 e. The van der Waals surface area contributed by atoms with Crippen molar-refractivity contribution in [2.75, 3.05) is 19.6 Å². The Morgan fingerprint density at radius 1 is 1.04 bits per heavy atom. The molecule has 150 valence electrons. The summed E-state index contributed by atoms with van der Waals surface area (Å²) in [5, 5.41) is 0.738. The Balaban J connectivity index is 1.55. The molecule has 2 aromatic rings. The predicted molar refractivity (Wildman–Crippen MR) is 117 cm³/mol. The van der Waals surface area contributed by atoms with Crippen LogP contribution in [0.15, 0.2) is 54.6 Å². The van der Waals surface area contributed by atoms with Crippen LogP contribution in [0.2, 0.25) is 5.02 Å². The van der Waals surface area contributed by atoms with Crippen molar-refractivity contribution in [1.29, 1.82) is 0 Å². The van der Waals surface area contributed by atoms with E-state index in [2.05, 4.69) is 47.1 Å². The van der Waals surface area contributed by atoms with E-state index in [4.69, 9.17) is 11.6 Å². The van der Waals surface area contributed by atoms with Gasteiger partial charge in [0.25, 0.3) is 0 Å². The van der Waals surface area contributed by atoms with Gasteiger partial charge in [0, 0.05) is 43.7 Å². The standard InChI is InChI=1S/C24H31ClN2O/c1-2-6-24(28)27(19-21-9-11-22(25)12-10-21)23-14-17-26(18-15-23)16-13-20-7-4-3-5-8-20/h3-5,7-12,23H,2,6,13-19H2,1H3. The first kappa shape index (κ1) is 20.9. The van der Waals surface area contributed by atoms with E-state index >= 15 is 0 Å². The molecule has 0 bridgehead atoms. The maximum atomic E-state index is 12.8. The van der Waals surface area contributed by atoms with Crippen LogP contribution >= 0.6 is 11.6 Å². The van der Waals surface area contributed by atoms with Gasteiger partial charge >= 0.3 is 0 Å². The van der Waals surface area contributed by atoms with Crippen molar-refractivity contribution < 1.29 is 4.79 Å². The number of halogens is 1. The van der Waals surface area contributed by atoms with Crippen molar-refractivity contribution in [2.24, 2.45) is 0 Å². The molecule has 1 heterocycles. The van der Waals surface area contributed by atoms with Crippen molar-refractivity contribution >= 4 is 17.5 Å². The second kappa shape index (κ2) is 10.6. The van der Waals surface area contributed by atoms with Crippen molar-refractivity contribution in [3.05, 3.63) is 70.7 Å². The molecule has 0 spiro atoms. The normalized spacial score (nSPS) is 15.5. The number of likely N-dealkylation sites (tertiary alicyclic amines) is 1. The van der Waals surface area contributed by atoms with E-state index in [0.717, 1.165) is 55.9 Å². The number of benzene rings is 2. The minimum Gasteiger partial charge on any atom is -0.335 e. The molecule has 28 heavy (non-hydrogen) atoms. The molecule has 3 nitrogen and oxygen atoms in total. The average molecular weight is 399 g/mol. The molecule has 3 rings (SSSR count). The fourth-order valence-corrected chi connectivity index (χ4v) is 4.08. The molecule has 0 atom stereocenters. The summed E-state index contributed by atoms with van der Waals surface area (Å²) < 4.78 is 0. The van der Waals surface area contributed by atoms with Crippen LogP contribution in [0.1, 0.15) is 43.7 Å². The molecular weight excluding hydrogens is 368 g/mol. The van der Waals surface area contributed by atoms with E-state index in [-0.39, 0.29) is 5.91 Å².